The highest BCUT2D eigenvalue weighted by atomic mass is 35.5. The van der Waals surface area contributed by atoms with Crippen molar-refractivity contribution in [2.45, 2.75) is 20.3 Å². The Hall–Kier alpha value is -2.83. The van der Waals surface area contributed by atoms with Gasteiger partial charge in [0.2, 0.25) is 5.91 Å². The molecule has 6 nitrogen and oxygen atoms in total. The molecule has 0 saturated carbocycles. The lowest BCUT2D eigenvalue weighted by Gasteiger charge is -2.08. The van der Waals surface area contributed by atoms with Gasteiger partial charge in [-0.05, 0) is 50.2 Å². The van der Waals surface area contributed by atoms with Gasteiger partial charge in [-0.25, -0.2) is 4.68 Å². The van der Waals surface area contributed by atoms with Gasteiger partial charge in [0.25, 0.3) is 5.91 Å². The summed E-state index contributed by atoms with van der Waals surface area (Å²) in [6, 6.07) is 12.0. The summed E-state index contributed by atoms with van der Waals surface area (Å²) in [5, 5.41) is 10.8. The molecule has 1 aromatic heterocycles. The molecule has 0 aliphatic rings. The maximum atomic E-state index is 12.6. The summed E-state index contributed by atoms with van der Waals surface area (Å²) in [6.07, 6.45) is 0.156. The van der Waals surface area contributed by atoms with E-state index in [1.807, 2.05) is 19.9 Å². The molecule has 0 saturated heterocycles. The van der Waals surface area contributed by atoms with Gasteiger partial charge in [0.15, 0.2) is 0 Å². The first-order valence-electron chi connectivity index (χ1n) is 8.92. The monoisotopic (exact) mass is 430 g/mol. The molecule has 29 heavy (non-hydrogen) atoms. The number of carbonyl (C=O) groups excluding carboxylic acids is 2. The molecule has 0 fully saturated rings. The zero-order valence-electron chi connectivity index (χ0n) is 16.2. The first-order valence-corrected chi connectivity index (χ1v) is 9.68. The Morgan fingerprint density at radius 1 is 1.07 bits per heavy atom. The van der Waals surface area contributed by atoms with Crippen molar-refractivity contribution in [2.75, 3.05) is 12.4 Å². The van der Waals surface area contributed by atoms with Crippen LogP contribution in [0.2, 0.25) is 10.0 Å². The number of aromatic nitrogens is 2. The Balaban J connectivity index is 1.80. The minimum atomic E-state index is -0.212. The van der Waals surface area contributed by atoms with Crippen LogP contribution < -0.4 is 10.6 Å². The van der Waals surface area contributed by atoms with Crippen molar-refractivity contribution in [3.63, 3.8) is 0 Å². The number of benzene rings is 2. The van der Waals surface area contributed by atoms with Crippen LogP contribution in [0.25, 0.3) is 5.69 Å². The summed E-state index contributed by atoms with van der Waals surface area (Å²) in [5.74, 6) is -0.408. The predicted molar refractivity (Wildman–Crippen MR) is 115 cm³/mol. The van der Waals surface area contributed by atoms with E-state index in [4.69, 9.17) is 23.2 Å². The number of amides is 2. The average Bonchev–Trinajstić information content (AvgIpc) is 2.97. The molecule has 3 aromatic rings. The molecule has 3 rings (SSSR count). The number of hydrogen-bond donors (Lipinski definition) is 2. The van der Waals surface area contributed by atoms with Crippen LogP contribution in [0.4, 0.5) is 5.69 Å². The minimum Gasteiger partial charge on any atom is -0.355 e. The van der Waals surface area contributed by atoms with Gasteiger partial charge < -0.3 is 10.6 Å². The van der Waals surface area contributed by atoms with Crippen LogP contribution in [-0.2, 0) is 11.2 Å². The first kappa shape index (κ1) is 20.9. The first-order chi connectivity index (χ1) is 13.8. The molecule has 2 amide bonds. The molecule has 150 valence electrons. The lowest BCUT2D eigenvalue weighted by molar-refractivity contribution is -0.115. The Labute approximate surface area is 178 Å². The van der Waals surface area contributed by atoms with Crippen LogP contribution >= 0.6 is 23.2 Å². The van der Waals surface area contributed by atoms with E-state index >= 15 is 0 Å². The number of nitrogens with one attached hydrogen (secondary N) is 2. The van der Waals surface area contributed by atoms with Gasteiger partial charge >= 0.3 is 0 Å². The summed E-state index contributed by atoms with van der Waals surface area (Å²) in [4.78, 5) is 24.4. The van der Waals surface area contributed by atoms with Crippen LogP contribution in [0.15, 0.2) is 42.5 Å². The van der Waals surface area contributed by atoms with Gasteiger partial charge in [0, 0.05) is 29.6 Å². The van der Waals surface area contributed by atoms with Crippen molar-refractivity contribution < 1.29 is 9.59 Å². The lowest BCUT2D eigenvalue weighted by Crippen LogP contribution is -2.19. The standard InChI is InChI=1S/C21H20Cl2N4O2/c1-12-17(13(2)27(26-12)16-7-8-18(22)19(23)10-16)11-20(28)25-15-6-4-5-14(9-15)21(29)24-3/h4-10H,11H2,1-3H3,(H,24,29)(H,25,28). The molecule has 0 aliphatic carbocycles. The third kappa shape index (κ3) is 4.60. The Morgan fingerprint density at radius 2 is 1.83 bits per heavy atom. The Kier molecular flexibility index (Phi) is 6.25. The highest BCUT2D eigenvalue weighted by molar-refractivity contribution is 6.42. The number of rotatable bonds is 5. The maximum absolute atomic E-state index is 12.6. The van der Waals surface area contributed by atoms with Crippen LogP contribution in [0.3, 0.4) is 0 Å². The van der Waals surface area contributed by atoms with Gasteiger partial charge in [-0.3, -0.25) is 9.59 Å². The van der Waals surface area contributed by atoms with Crippen LogP contribution in [0, 0.1) is 13.8 Å². The zero-order valence-corrected chi connectivity index (χ0v) is 17.7. The summed E-state index contributed by atoms with van der Waals surface area (Å²) in [6.45, 7) is 3.76. The SMILES string of the molecule is CNC(=O)c1cccc(NC(=O)Cc2c(C)nn(-c3ccc(Cl)c(Cl)c3)c2C)c1. The number of anilines is 1. The summed E-state index contributed by atoms with van der Waals surface area (Å²) >= 11 is 12.1. The van der Waals surface area contributed by atoms with Crippen molar-refractivity contribution >= 4 is 40.7 Å². The Bertz CT molecular complexity index is 1090. The van der Waals surface area contributed by atoms with Gasteiger partial charge in [-0.15, -0.1) is 0 Å². The number of halogens is 2. The molecule has 8 heteroatoms. The van der Waals surface area contributed by atoms with Gasteiger partial charge in [-0.2, -0.15) is 5.10 Å². The van der Waals surface area contributed by atoms with Gasteiger partial charge in [0.05, 0.1) is 27.8 Å². The molecule has 0 unspecified atom stereocenters. The second-order valence-electron chi connectivity index (χ2n) is 6.54. The number of carbonyl (C=O) groups is 2. The topological polar surface area (TPSA) is 76.0 Å². The summed E-state index contributed by atoms with van der Waals surface area (Å²) < 4.78 is 1.74. The highest BCUT2D eigenvalue weighted by Gasteiger charge is 2.17. The third-order valence-corrected chi connectivity index (χ3v) is 5.30. The second-order valence-corrected chi connectivity index (χ2v) is 7.36. The third-order valence-electron chi connectivity index (χ3n) is 4.56. The smallest absolute Gasteiger partial charge is 0.251 e. The Morgan fingerprint density at radius 3 is 2.52 bits per heavy atom. The summed E-state index contributed by atoms with van der Waals surface area (Å²) in [5.41, 5.74) is 4.23. The van der Waals surface area contributed by atoms with Gasteiger partial charge in [-0.1, -0.05) is 29.3 Å². The number of aryl methyl sites for hydroxylation is 1. The maximum Gasteiger partial charge on any atom is 0.251 e. The van der Waals surface area contributed by atoms with Crippen molar-refractivity contribution in [3.8, 4) is 5.69 Å². The second kappa shape index (κ2) is 8.68. The molecular weight excluding hydrogens is 411 g/mol. The molecular formula is C21H20Cl2N4O2. The van der Waals surface area contributed by atoms with Crippen molar-refractivity contribution in [2.24, 2.45) is 0 Å². The number of hydrogen-bond acceptors (Lipinski definition) is 3. The van der Waals surface area contributed by atoms with Crippen LogP contribution in [0.5, 0.6) is 0 Å². The predicted octanol–water partition coefficient (Wildman–Crippen LogP) is 4.34. The van der Waals surface area contributed by atoms with Crippen LogP contribution in [-0.4, -0.2) is 28.6 Å². The zero-order chi connectivity index (χ0) is 21.1. The van der Waals surface area contributed by atoms with E-state index in [0.29, 0.717) is 21.3 Å². The fourth-order valence-electron chi connectivity index (χ4n) is 3.05. The fraction of sp³-hybridized carbons (Fsp3) is 0.190. The average molecular weight is 431 g/mol. The minimum absolute atomic E-state index is 0.156. The molecule has 0 bridgehead atoms. The van der Waals surface area contributed by atoms with E-state index in [9.17, 15) is 9.59 Å². The van der Waals surface area contributed by atoms with Gasteiger partial charge in [0.1, 0.15) is 0 Å². The molecule has 0 radical (unpaired) electrons. The summed E-state index contributed by atoms with van der Waals surface area (Å²) in [7, 11) is 1.56. The van der Waals surface area contributed by atoms with E-state index in [0.717, 1.165) is 22.6 Å². The molecule has 2 N–H and O–H groups in total. The molecule has 2 aromatic carbocycles. The van der Waals surface area contributed by atoms with Crippen molar-refractivity contribution in [1.82, 2.24) is 15.1 Å². The largest absolute Gasteiger partial charge is 0.355 e. The normalized spacial score (nSPS) is 10.7. The fourth-order valence-corrected chi connectivity index (χ4v) is 3.34. The van der Waals surface area contributed by atoms with E-state index in [2.05, 4.69) is 15.7 Å². The van der Waals surface area contributed by atoms with E-state index in [1.54, 1.807) is 48.1 Å². The molecule has 0 aliphatic heterocycles. The lowest BCUT2D eigenvalue weighted by atomic mass is 10.1. The van der Waals surface area contributed by atoms with E-state index < -0.39 is 0 Å². The molecule has 0 atom stereocenters. The van der Waals surface area contributed by atoms with Crippen molar-refractivity contribution in [3.05, 3.63) is 75.0 Å². The highest BCUT2D eigenvalue weighted by Crippen LogP contribution is 2.26. The van der Waals surface area contributed by atoms with E-state index in [-0.39, 0.29) is 18.2 Å². The molecule has 1 heterocycles. The van der Waals surface area contributed by atoms with E-state index in [1.165, 1.54) is 0 Å². The number of nitrogens with zero attached hydrogens (tertiary/aromatic N) is 2. The van der Waals surface area contributed by atoms with Crippen molar-refractivity contribution in [1.29, 1.82) is 0 Å². The molecule has 0 spiro atoms. The van der Waals surface area contributed by atoms with Crippen LogP contribution in [0.1, 0.15) is 27.3 Å². The quantitative estimate of drug-likeness (QED) is 0.631.